The Kier molecular flexibility index (Phi) is 8.73. The van der Waals surface area contributed by atoms with Crippen molar-refractivity contribution < 1.29 is 0 Å². The van der Waals surface area contributed by atoms with E-state index in [9.17, 15) is 0 Å². The van der Waals surface area contributed by atoms with Crippen molar-refractivity contribution in [2.45, 2.75) is 13.0 Å². The molecule has 0 saturated heterocycles. The first-order valence-corrected chi connectivity index (χ1v) is 20.8. The van der Waals surface area contributed by atoms with E-state index >= 15 is 0 Å². The van der Waals surface area contributed by atoms with Gasteiger partial charge in [0.2, 0.25) is 0 Å². The lowest BCUT2D eigenvalue weighted by atomic mass is 9.82. The van der Waals surface area contributed by atoms with Crippen LogP contribution in [-0.2, 0) is 0 Å². The number of rotatable bonds is 8. The smallest absolute Gasteiger partial charge is 0.0462 e. The lowest BCUT2D eigenvalue weighted by molar-refractivity contribution is 0.818. The van der Waals surface area contributed by atoms with E-state index in [1.165, 1.54) is 88.3 Å². The number of anilines is 3. The highest BCUT2D eigenvalue weighted by Gasteiger charge is 2.31. The molecule has 2 nitrogen and oxygen atoms in total. The first-order valence-electron chi connectivity index (χ1n) is 20.8. The van der Waals surface area contributed by atoms with Gasteiger partial charge in [-0.1, -0.05) is 182 Å². The molecular weight excluding hydrogens is 725 g/mol. The monoisotopic (exact) mass is 766 g/mol. The highest BCUT2D eigenvalue weighted by atomic mass is 15.1. The lowest BCUT2D eigenvalue weighted by Crippen LogP contribution is -2.09. The molecular formula is C58H42N2. The maximum Gasteiger partial charge on any atom is 0.0462 e. The molecule has 11 rings (SSSR count). The van der Waals surface area contributed by atoms with Crippen molar-refractivity contribution >= 4 is 38.6 Å². The molecule has 10 aromatic carbocycles. The van der Waals surface area contributed by atoms with Crippen LogP contribution in [0.3, 0.4) is 0 Å². The lowest BCUT2D eigenvalue weighted by Gasteiger charge is -2.26. The topological polar surface area (TPSA) is 29.3 Å². The fraction of sp³-hybridized carbons (Fsp3) is 0.0345. The first kappa shape index (κ1) is 35.6. The molecule has 1 unspecified atom stereocenters. The van der Waals surface area contributed by atoms with E-state index < -0.39 is 0 Å². The van der Waals surface area contributed by atoms with Gasteiger partial charge in [0.1, 0.15) is 0 Å². The number of para-hydroxylation sites is 1. The fourth-order valence-corrected chi connectivity index (χ4v) is 9.46. The molecule has 1 atom stereocenters. The highest BCUT2D eigenvalue weighted by Crippen LogP contribution is 2.58. The molecule has 1 aliphatic carbocycles. The van der Waals surface area contributed by atoms with Crippen molar-refractivity contribution in [1.82, 2.24) is 0 Å². The minimum Gasteiger partial charge on any atom is -0.324 e. The minimum absolute atomic E-state index is 0.0171. The summed E-state index contributed by atoms with van der Waals surface area (Å²) in [4.78, 5) is 2.33. The van der Waals surface area contributed by atoms with Gasteiger partial charge in [0, 0.05) is 23.1 Å². The molecule has 0 spiro atoms. The Balaban J connectivity index is 1.04. The second kappa shape index (κ2) is 14.7. The van der Waals surface area contributed by atoms with Crippen LogP contribution in [0.4, 0.5) is 17.1 Å². The maximum absolute atomic E-state index is 6.12. The largest absolute Gasteiger partial charge is 0.324 e. The molecule has 0 aliphatic heterocycles. The van der Waals surface area contributed by atoms with Gasteiger partial charge in [-0.25, -0.2) is 0 Å². The number of benzene rings is 10. The molecule has 0 fully saturated rings. The summed E-state index contributed by atoms with van der Waals surface area (Å²) in [7, 11) is 0. The second-order valence-corrected chi connectivity index (χ2v) is 15.8. The Morgan fingerprint density at radius 2 is 0.733 bits per heavy atom. The Hall–Kier alpha value is -7.52. The van der Waals surface area contributed by atoms with Crippen molar-refractivity contribution in [2.75, 3.05) is 4.90 Å². The van der Waals surface area contributed by atoms with Crippen LogP contribution in [-0.4, -0.2) is 0 Å². The number of nitrogens with zero attached hydrogens (tertiary/aromatic N) is 1. The summed E-state index contributed by atoms with van der Waals surface area (Å²) in [5.74, 6) is 0. The number of fused-ring (bicyclic) bond motifs is 4. The molecule has 1 aliphatic rings. The Labute approximate surface area is 351 Å². The summed E-state index contributed by atoms with van der Waals surface area (Å²) in [6, 6.07) is 79.6. The van der Waals surface area contributed by atoms with E-state index in [0.717, 1.165) is 22.6 Å². The molecule has 0 radical (unpaired) electrons. The average Bonchev–Trinajstić information content (AvgIpc) is 3.64. The van der Waals surface area contributed by atoms with Crippen LogP contribution < -0.4 is 10.6 Å². The molecule has 10 aromatic rings. The van der Waals surface area contributed by atoms with Crippen LogP contribution in [0.1, 0.15) is 18.5 Å². The normalized spacial score (nSPS) is 12.1. The zero-order valence-electron chi connectivity index (χ0n) is 33.4. The van der Waals surface area contributed by atoms with Crippen molar-refractivity contribution in [3.05, 3.63) is 224 Å². The van der Waals surface area contributed by atoms with Gasteiger partial charge in [-0.15, -0.1) is 0 Å². The van der Waals surface area contributed by atoms with Crippen LogP contribution in [0, 0.1) is 0 Å². The predicted octanol–water partition coefficient (Wildman–Crippen LogP) is 15.8. The van der Waals surface area contributed by atoms with Gasteiger partial charge in [-0.3, -0.25) is 0 Å². The van der Waals surface area contributed by atoms with Gasteiger partial charge >= 0.3 is 0 Å². The third-order valence-electron chi connectivity index (χ3n) is 12.3. The molecule has 0 amide bonds. The fourth-order valence-electron chi connectivity index (χ4n) is 9.46. The molecule has 0 saturated carbocycles. The molecule has 2 heteroatoms. The van der Waals surface area contributed by atoms with Gasteiger partial charge < -0.3 is 10.6 Å². The molecule has 0 aromatic heterocycles. The van der Waals surface area contributed by atoms with Crippen LogP contribution >= 0.6 is 0 Å². The molecule has 284 valence electrons. The number of hydrogen-bond donors (Lipinski definition) is 1. The van der Waals surface area contributed by atoms with Crippen molar-refractivity contribution in [3.63, 3.8) is 0 Å². The third-order valence-corrected chi connectivity index (χ3v) is 12.3. The van der Waals surface area contributed by atoms with Crippen molar-refractivity contribution in [2.24, 2.45) is 5.73 Å². The SMILES string of the molecule is CC(N)c1ccc(-c2ccc(N(c3ccccc3)c3ccc(-c4ccc5c6c(cccc46)-c4c-5c(-c5ccccc5)c5ccccc5c4-c4ccccc4)cc3)cc2)cc1. The van der Waals surface area contributed by atoms with E-state index in [-0.39, 0.29) is 6.04 Å². The second-order valence-electron chi connectivity index (χ2n) is 15.8. The summed E-state index contributed by atoms with van der Waals surface area (Å²) in [5, 5.41) is 5.13. The zero-order valence-corrected chi connectivity index (χ0v) is 33.4. The van der Waals surface area contributed by atoms with E-state index in [1.807, 2.05) is 6.92 Å². The van der Waals surface area contributed by atoms with Gasteiger partial charge in [-0.05, 0) is 137 Å². The standard InChI is InChI=1S/C58H42N2/c1-38(59)39-24-26-40(27-25-39)41-28-32-46(33-29-41)60(45-18-9-4-10-19-45)47-34-30-42(31-35-47)48-36-37-53-56-49(48)22-13-23-52(56)57-54(43-14-5-2-6-15-43)50-20-11-12-21-51(50)55(58(53)57)44-16-7-3-8-17-44/h2-38H,59H2,1H3. The van der Waals surface area contributed by atoms with Crippen LogP contribution in [0.5, 0.6) is 0 Å². The predicted molar refractivity (Wildman–Crippen MR) is 255 cm³/mol. The van der Waals surface area contributed by atoms with E-state index in [1.54, 1.807) is 0 Å². The molecule has 60 heavy (non-hydrogen) atoms. The summed E-state index contributed by atoms with van der Waals surface area (Å²) < 4.78 is 0. The van der Waals surface area contributed by atoms with Gasteiger partial charge in [0.25, 0.3) is 0 Å². The first-order chi connectivity index (χ1) is 29.6. The quantitative estimate of drug-likeness (QED) is 0.167. The Morgan fingerprint density at radius 1 is 0.317 bits per heavy atom. The van der Waals surface area contributed by atoms with Crippen LogP contribution in [0.15, 0.2) is 218 Å². The van der Waals surface area contributed by atoms with E-state index in [0.29, 0.717) is 0 Å². The Morgan fingerprint density at radius 3 is 1.27 bits per heavy atom. The van der Waals surface area contributed by atoms with Crippen LogP contribution in [0.25, 0.3) is 88.3 Å². The van der Waals surface area contributed by atoms with Gasteiger partial charge in [0.05, 0.1) is 0 Å². The highest BCUT2D eigenvalue weighted by molar-refractivity contribution is 6.28. The minimum atomic E-state index is 0.0171. The van der Waals surface area contributed by atoms with Crippen molar-refractivity contribution in [1.29, 1.82) is 0 Å². The summed E-state index contributed by atoms with van der Waals surface area (Å²) in [6.07, 6.45) is 0. The van der Waals surface area contributed by atoms with E-state index in [4.69, 9.17) is 5.73 Å². The number of nitrogens with two attached hydrogens (primary N) is 1. The summed E-state index contributed by atoms with van der Waals surface area (Å²) in [5.41, 5.74) is 25.6. The van der Waals surface area contributed by atoms with Gasteiger partial charge in [-0.2, -0.15) is 0 Å². The molecule has 0 bridgehead atoms. The van der Waals surface area contributed by atoms with Crippen LogP contribution in [0.2, 0.25) is 0 Å². The summed E-state index contributed by atoms with van der Waals surface area (Å²) >= 11 is 0. The number of hydrogen-bond acceptors (Lipinski definition) is 2. The third kappa shape index (κ3) is 5.92. The molecule has 0 heterocycles. The van der Waals surface area contributed by atoms with Gasteiger partial charge in [0.15, 0.2) is 0 Å². The summed E-state index contributed by atoms with van der Waals surface area (Å²) in [6.45, 7) is 2.02. The van der Waals surface area contributed by atoms with E-state index in [2.05, 4.69) is 223 Å². The average molecular weight is 767 g/mol. The molecule has 2 N–H and O–H groups in total. The maximum atomic E-state index is 6.12. The zero-order chi connectivity index (χ0) is 40.2. The Bertz CT molecular complexity index is 3080. The van der Waals surface area contributed by atoms with Crippen molar-refractivity contribution in [3.8, 4) is 66.8 Å².